The van der Waals surface area contributed by atoms with Crippen molar-refractivity contribution in [2.24, 2.45) is 0 Å². The van der Waals surface area contributed by atoms with Gasteiger partial charge in [-0.1, -0.05) is 12.1 Å². The maximum Gasteiger partial charge on any atom is 0.354 e. The number of aromatic nitrogens is 1. The van der Waals surface area contributed by atoms with Gasteiger partial charge in [0.25, 0.3) is 5.91 Å². The second-order valence-corrected chi connectivity index (χ2v) is 5.73. The molecule has 132 valence electrons. The van der Waals surface area contributed by atoms with Crippen LogP contribution in [0.5, 0.6) is 5.75 Å². The highest BCUT2D eigenvalue weighted by atomic mass is 16.5. The van der Waals surface area contributed by atoms with E-state index in [-0.39, 0.29) is 17.6 Å². The molecule has 0 spiro atoms. The zero-order valence-corrected chi connectivity index (χ0v) is 14.6. The molecule has 2 aromatic rings. The van der Waals surface area contributed by atoms with Crippen LogP contribution in [0.3, 0.4) is 0 Å². The maximum absolute atomic E-state index is 12.8. The molecule has 6 heteroatoms. The molecule has 1 unspecified atom stereocenters. The fourth-order valence-corrected chi connectivity index (χ4v) is 2.71. The van der Waals surface area contributed by atoms with Gasteiger partial charge in [-0.15, -0.1) is 0 Å². The number of hydrogen-bond acceptors (Lipinski definition) is 4. The number of likely N-dealkylation sites (N-methyl/N-ethyl adjacent to an activating group) is 1. The van der Waals surface area contributed by atoms with E-state index >= 15 is 0 Å². The van der Waals surface area contributed by atoms with Crippen LogP contribution in [0, 0.1) is 0 Å². The summed E-state index contributed by atoms with van der Waals surface area (Å²) in [5.74, 6) is -0.560. The van der Waals surface area contributed by atoms with E-state index in [1.807, 2.05) is 38.1 Å². The fourth-order valence-electron chi connectivity index (χ4n) is 2.71. The van der Waals surface area contributed by atoms with Gasteiger partial charge in [0.1, 0.15) is 11.4 Å². The number of rotatable bonds is 7. The van der Waals surface area contributed by atoms with E-state index in [1.165, 1.54) is 18.3 Å². The summed E-state index contributed by atoms with van der Waals surface area (Å²) in [7, 11) is 1.62. The fraction of sp³-hybridized carbons (Fsp3) is 0.316. The van der Waals surface area contributed by atoms with Crippen LogP contribution >= 0.6 is 0 Å². The first-order valence-electron chi connectivity index (χ1n) is 8.09. The number of benzene rings is 1. The molecular weight excluding hydrogens is 320 g/mol. The normalized spacial score (nSPS) is 11.6. The highest BCUT2D eigenvalue weighted by Crippen LogP contribution is 2.16. The number of methoxy groups -OCH3 is 1. The standard InChI is InChI=1S/C19H22N2O4/c1-4-21(13(2)11-14-5-7-16(25-3)8-6-14)18(22)15-9-10-20-17(12-15)19(23)24/h5-10,12-13H,4,11H2,1-3H3,(H,23,24). The van der Waals surface area contributed by atoms with Crippen molar-refractivity contribution in [1.29, 1.82) is 0 Å². The van der Waals surface area contributed by atoms with E-state index in [0.717, 1.165) is 11.3 Å². The van der Waals surface area contributed by atoms with Gasteiger partial charge < -0.3 is 14.7 Å². The molecule has 0 bridgehead atoms. The van der Waals surface area contributed by atoms with E-state index in [2.05, 4.69) is 4.98 Å². The first-order valence-corrected chi connectivity index (χ1v) is 8.09. The van der Waals surface area contributed by atoms with Gasteiger partial charge in [0.2, 0.25) is 0 Å². The van der Waals surface area contributed by atoms with Crippen molar-refractivity contribution < 1.29 is 19.4 Å². The van der Waals surface area contributed by atoms with Crippen LogP contribution in [0.1, 0.15) is 40.3 Å². The first-order chi connectivity index (χ1) is 12.0. The lowest BCUT2D eigenvalue weighted by Gasteiger charge is -2.28. The van der Waals surface area contributed by atoms with Crippen molar-refractivity contribution in [3.63, 3.8) is 0 Å². The van der Waals surface area contributed by atoms with Gasteiger partial charge in [-0.2, -0.15) is 0 Å². The quantitative estimate of drug-likeness (QED) is 0.837. The zero-order valence-electron chi connectivity index (χ0n) is 14.6. The Hall–Kier alpha value is -2.89. The number of nitrogens with zero attached hydrogens (tertiary/aromatic N) is 2. The molecule has 1 amide bonds. The first kappa shape index (κ1) is 18.4. The van der Waals surface area contributed by atoms with Gasteiger partial charge in [-0.05, 0) is 50.1 Å². The second kappa shape index (κ2) is 8.28. The van der Waals surface area contributed by atoms with Crippen molar-refractivity contribution in [3.05, 3.63) is 59.4 Å². The van der Waals surface area contributed by atoms with Gasteiger partial charge in [0.05, 0.1) is 7.11 Å². The molecule has 0 aliphatic heterocycles. The summed E-state index contributed by atoms with van der Waals surface area (Å²) in [6.07, 6.45) is 2.04. The summed E-state index contributed by atoms with van der Waals surface area (Å²) in [5.41, 5.74) is 1.29. The lowest BCUT2D eigenvalue weighted by atomic mass is 10.0. The van der Waals surface area contributed by atoms with Crippen LogP contribution in [-0.2, 0) is 6.42 Å². The minimum absolute atomic E-state index is 0.0349. The molecule has 0 aliphatic carbocycles. The summed E-state index contributed by atoms with van der Waals surface area (Å²) in [6, 6.07) is 10.5. The monoisotopic (exact) mass is 342 g/mol. The van der Waals surface area contributed by atoms with Crippen LogP contribution in [0.25, 0.3) is 0 Å². The Morgan fingerprint density at radius 3 is 2.48 bits per heavy atom. The molecule has 2 rings (SSSR count). The van der Waals surface area contributed by atoms with Crippen LogP contribution in [0.15, 0.2) is 42.6 Å². The van der Waals surface area contributed by atoms with E-state index < -0.39 is 5.97 Å². The lowest BCUT2D eigenvalue weighted by molar-refractivity contribution is 0.0690. The third-order valence-corrected chi connectivity index (χ3v) is 4.05. The number of amides is 1. The van der Waals surface area contributed by atoms with Crippen molar-refractivity contribution >= 4 is 11.9 Å². The summed E-state index contributed by atoms with van der Waals surface area (Å²) in [5, 5.41) is 9.04. The molecule has 1 heterocycles. The Kier molecular flexibility index (Phi) is 6.11. The van der Waals surface area contributed by atoms with E-state index in [0.29, 0.717) is 18.5 Å². The molecular formula is C19H22N2O4. The minimum Gasteiger partial charge on any atom is -0.497 e. The van der Waals surface area contributed by atoms with Gasteiger partial charge >= 0.3 is 5.97 Å². The highest BCUT2D eigenvalue weighted by Gasteiger charge is 2.21. The summed E-state index contributed by atoms with van der Waals surface area (Å²) in [4.78, 5) is 29.3. The molecule has 0 radical (unpaired) electrons. The van der Waals surface area contributed by atoms with Crippen LogP contribution in [0.2, 0.25) is 0 Å². The van der Waals surface area contributed by atoms with Gasteiger partial charge in [-0.25, -0.2) is 9.78 Å². The Labute approximate surface area is 147 Å². The molecule has 1 aromatic carbocycles. The van der Waals surface area contributed by atoms with Gasteiger partial charge in [0.15, 0.2) is 0 Å². The average Bonchev–Trinajstić information content (AvgIpc) is 2.63. The minimum atomic E-state index is -1.15. The molecule has 0 saturated heterocycles. The number of carbonyl (C=O) groups is 2. The largest absolute Gasteiger partial charge is 0.497 e. The molecule has 0 saturated carbocycles. The molecule has 1 N–H and O–H groups in total. The van der Waals surface area contributed by atoms with Crippen LogP contribution in [0.4, 0.5) is 0 Å². The van der Waals surface area contributed by atoms with E-state index in [9.17, 15) is 9.59 Å². The summed E-state index contributed by atoms with van der Waals surface area (Å²) >= 11 is 0. The topological polar surface area (TPSA) is 79.7 Å². The molecule has 6 nitrogen and oxygen atoms in total. The molecule has 0 fully saturated rings. The third kappa shape index (κ3) is 4.56. The number of pyridine rings is 1. The van der Waals surface area contributed by atoms with Crippen molar-refractivity contribution in [3.8, 4) is 5.75 Å². The molecule has 1 aromatic heterocycles. The average molecular weight is 342 g/mol. The number of carbonyl (C=O) groups excluding carboxylic acids is 1. The SMILES string of the molecule is CCN(C(=O)c1ccnc(C(=O)O)c1)C(C)Cc1ccc(OC)cc1. The second-order valence-electron chi connectivity index (χ2n) is 5.73. The summed E-state index contributed by atoms with van der Waals surface area (Å²) < 4.78 is 5.15. The Morgan fingerprint density at radius 2 is 1.92 bits per heavy atom. The predicted molar refractivity (Wildman–Crippen MR) is 94.1 cm³/mol. The maximum atomic E-state index is 12.8. The highest BCUT2D eigenvalue weighted by molar-refractivity contribution is 5.96. The van der Waals surface area contributed by atoms with E-state index in [4.69, 9.17) is 9.84 Å². The van der Waals surface area contributed by atoms with E-state index in [1.54, 1.807) is 12.0 Å². The molecule has 0 aliphatic rings. The Bertz CT molecular complexity index is 743. The smallest absolute Gasteiger partial charge is 0.354 e. The van der Waals surface area contributed by atoms with Gasteiger partial charge in [0, 0.05) is 24.3 Å². The van der Waals surface area contributed by atoms with Crippen LogP contribution < -0.4 is 4.74 Å². The third-order valence-electron chi connectivity index (χ3n) is 4.05. The van der Waals surface area contributed by atoms with Crippen molar-refractivity contribution in [2.75, 3.05) is 13.7 Å². The van der Waals surface area contributed by atoms with Crippen LogP contribution in [-0.4, -0.2) is 46.6 Å². The number of carboxylic acids is 1. The number of ether oxygens (including phenoxy) is 1. The molecule has 1 atom stereocenters. The summed E-state index contributed by atoms with van der Waals surface area (Å²) in [6.45, 7) is 4.41. The number of aromatic carboxylic acids is 1. The predicted octanol–water partition coefficient (Wildman–Crippen LogP) is 2.88. The van der Waals surface area contributed by atoms with Crippen molar-refractivity contribution in [1.82, 2.24) is 9.88 Å². The lowest BCUT2D eigenvalue weighted by Crippen LogP contribution is -2.39. The van der Waals surface area contributed by atoms with Crippen molar-refractivity contribution in [2.45, 2.75) is 26.3 Å². The van der Waals surface area contributed by atoms with Gasteiger partial charge in [-0.3, -0.25) is 4.79 Å². The Morgan fingerprint density at radius 1 is 1.24 bits per heavy atom. The number of hydrogen-bond donors (Lipinski definition) is 1. The number of carboxylic acid groups (broad SMARTS) is 1. The zero-order chi connectivity index (χ0) is 18.4. The molecule has 25 heavy (non-hydrogen) atoms. The Balaban J connectivity index is 2.15.